The van der Waals surface area contributed by atoms with Gasteiger partial charge in [-0.05, 0) is 36.1 Å². The number of benzene rings is 2. The fourth-order valence-electron chi connectivity index (χ4n) is 2.93. The molecule has 2 aromatic carbocycles. The van der Waals surface area contributed by atoms with Crippen molar-refractivity contribution >= 4 is 22.6 Å². The van der Waals surface area contributed by atoms with Gasteiger partial charge in [-0.2, -0.15) is 0 Å². The molecule has 0 saturated carbocycles. The second kappa shape index (κ2) is 5.57. The molecule has 2 N–H and O–H groups in total. The maximum Gasteiger partial charge on any atom is 0.0657 e. The van der Waals surface area contributed by atoms with Gasteiger partial charge in [0.1, 0.15) is 0 Å². The quantitative estimate of drug-likeness (QED) is 0.731. The molecule has 0 aliphatic heterocycles. The highest BCUT2D eigenvalue weighted by molar-refractivity contribution is 6.49. The minimum atomic E-state index is 0.513. The van der Waals surface area contributed by atoms with Gasteiger partial charge in [-0.15, -0.1) is 0 Å². The fourth-order valence-corrected chi connectivity index (χ4v) is 2.93. The first-order valence-electron chi connectivity index (χ1n) is 7.32. The van der Waals surface area contributed by atoms with Crippen LogP contribution in [0.4, 0.5) is 0 Å². The van der Waals surface area contributed by atoms with Crippen LogP contribution < -0.4 is 0 Å². The smallest absolute Gasteiger partial charge is 0.0657 e. The third-order valence-corrected chi connectivity index (χ3v) is 4.12. The zero-order valence-electron chi connectivity index (χ0n) is 12.8. The van der Waals surface area contributed by atoms with Gasteiger partial charge in [0.2, 0.25) is 0 Å². The molecule has 0 aromatic heterocycles. The van der Waals surface area contributed by atoms with Gasteiger partial charge < -0.3 is 0 Å². The summed E-state index contributed by atoms with van der Waals surface area (Å²) < 4.78 is 0. The van der Waals surface area contributed by atoms with E-state index in [1.165, 1.54) is 0 Å². The number of nitrogens with one attached hydrogen (secondary N) is 2. The van der Waals surface area contributed by atoms with Crippen molar-refractivity contribution in [1.82, 2.24) is 0 Å². The highest BCUT2D eigenvalue weighted by Gasteiger charge is 2.26. The second-order valence-corrected chi connectivity index (χ2v) is 5.48. The Bertz CT molecular complexity index is 738. The van der Waals surface area contributed by atoms with E-state index >= 15 is 0 Å². The fraction of sp³-hybridized carbons (Fsp3) is 0.100. The second-order valence-electron chi connectivity index (χ2n) is 5.48. The lowest BCUT2D eigenvalue weighted by atomic mass is 9.79. The van der Waals surface area contributed by atoms with Crippen LogP contribution in [0.2, 0.25) is 0 Å². The van der Waals surface area contributed by atoms with Gasteiger partial charge in [0.15, 0.2) is 0 Å². The highest BCUT2D eigenvalue weighted by Crippen LogP contribution is 2.35. The first kappa shape index (κ1) is 14.2. The molecule has 2 aromatic rings. The summed E-state index contributed by atoms with van der Waals surface area (Å²) in [7, 11) is 0. The molecule has 0 unspecified atom stereocenters. The van der Waals surface area contributed by atoms with Crippen molar-refractivity contribution in [2.45, 2.75) is 13.8 Å². The number of hydrogen-bond acceptors (Lipinski definition) is 2. The molecule has 0 spiro atoms. The van der Waals surface area contributed by atoms with Crippen LogP contribution in [0.1, 0.15) is 25.0 Å². The van der Waals surface area contributed by atoms with Gasteiger partial charge in [0, 0.05) is 11.1 Å². The Morgan fingerprint density at radius 2 is 0.864 bits per heavy atom. The predicted octanol–water partition coefficient (Wildman–Crippen LogP) is 4.99. The first-order valence-corrected chi connectivity index (χ1v) is 7.32. The normalized spacial score (nSPS) is 15.5. The number of rotatable bonds is 2. The largest absolute Gasteiger partial charge is 0.300 e. The van der Waals surface area contributed by atoms with E-state index < -0.39 is 0 Å². The van der Waals surface area contributed by atoms with Crippen molar-refractivity contribution in [3.63, 3.8) is 0 Å². The molecule has 0 heterocycles. The molecule has 0 amide bonds. The van der Waals surface area contributed by atoms with Crippen LogP contribution in [0, 0.1) is 10.8 Å². The van der Waals surface area contributed by atoms with Crippen LogP contribution in [0.25, 0.3) is 11.1 Å². The van der Waals surface area contributed by atoms with Crippen molar-refractivity contribution in [2.24, 2.45) is 0 Å². The number of allylic oxidation sites excluding steroid dienone is 4. The molecular formula is C20H18N2. The summed E-state index contributed by atoms with van der Waals surface area (Å²) in [6.45, 7) is 3.88. The molecule has 0 bridgehead atoms. The molecule has 1 aliphatic rings. The lowest BCUT2D eigenvalue weighted by Crippen LogP contribution is -2.19. The summed E-state index contributed by atoms with van der Waals surface area (Å²) in [6, 6.07) is 19.8. The van der Waals surface area contributed by atoms with E-state index in [2.05, 4.69) is 0 Å². The summed E-state index contributed by atoms with van der Waals surface area (Å²) in [4.78, 5) is 0. The Hall–Kier alpha value is -2.74. The zero-order valence-corrected chi connectivity index (χ0v) is 12.8. The maximum absolute atomic E-state index is 8.58. The van der Waals surface area contributed by atoms with E-state index in [0.717, 1.165) is 33.4 Å². The Morgan fingerprint density at radius 3 is 1.18 bits per heavy atom. The Balaban J connectivity index is 2.16. The lowest BCUT2D eigenvalue weighted by molar-refractivity contribution is 1.39. The van der Waals surface area contributed by atoms with E-state index in [-0.39, 0.29) is 0 Å². The molecule has 2 heteroatoms. The first-order chi connectivity index (χ1) is 10.6. The topological polar surface area (TPSA) is 47.7 Å². The summed E-state index contributed by atoms with van der Waals surface area (Å²) in [5.41, 5.74) is 6.48. The molecule has 0 radical (unpaired) electrons. The zero-order chi connectivity index (χ0) is 15.7. The van der Waals surface area contributed by atoms with Crippen molar-refractivity contribution < 1.29 is 0 Å². The van der Waals surface area contributed by atoms with Gasteiger partial charge >= 0.3 is 0 Å². The average Bonchev–Trinajstić information content (AvgIpc) is 2.55. The van der Waals surface area contributed by atoms with Crippen molar-refractivity contribution in [1.29, 1.82) is 10.8 Å². The van der Waals surface area contributed by atoms with Gasteiger partial charge in [0.25, 0.3) is 0 Å². The molecular weight excluding hydrogens is 268 g/mol. The standard InChI is InChI=1S/C20H18N2/c1-13-17(15-9-5-3-6-10-15)20(22)14(2)18(19(13)21)16-11-7-4-8-12-16/h3-12,21-22H,1-2H3. The Morgan fingerprint density at radius 1 is 0.545 bits per heavy atom. The van der Waals surface area contributed by atoms with Crippen LogP contribution in [-0.2, 0) is 0 Å². The van der Waals surface area contributed by atoms with E-state index in [1.54, 1.807) is 0 Å². The molecule has 0 saturated heterocycles. The third kappa shape index (κ3) is 2.23. The third-order valence-electron chi connectivity index (χ3n) is 4.12. The maximum atomic E-state index is 8.58. The molecule has 1 aliphatic carbocycles. The van der Waals surface area contributed by atoms with Crippen molar-refractivity contribution in [2.75, 3.05) is 0 Å². The molecule has 108 valence electrons. The SMILES string of the molecule is CC1=C(c2ccccc2)C(=N)C(C)=C(c2ccccc2)C1=N. The molecule has 0 atom stereocenters. The van der Waals surface area contributed by atoms with E-state index in [4.69, 9.17) is 10.8 Å². The Kier molecular flexibility index (Phi) is 3.60. The Labute approximate surface area is 130 Å². The molecule has 3 rings (SSSR count). The lowest BCUT2D eigenvalue weighted by Gasteiger charge is -2.25. The molecule has 2 nitrogen and oxygen atoms in total. The van der Waals surface area contributed by atoms with Crippen LogP contribution >= 0.6 is 0 Å². The van der Waals surface area contributed by atoms with Crippen molar-refractivity contribution in [3.05, 3.63) is 82.9 Å². The minimum absolute atomic E-state index is 0.513. The van der Waals surface area contributed by atoms with Crippen LogP contribution in [0.15, 0.2) is 71.8 Å². The summed E-state index contributed by atoms with van der Waals surface area (Å²) in [5.74, 6) is 0. The summed E-state index contributed by atoms with van der Waals surface area (Å²) >= 11 is 0. The predicted molar refractivity (Wildman–Crippen MR) is 93.5 cm³/mol. The van der Waals surface area contributed by atoms with Gasteiger partial charge in [-0.25, -0.2) is 0 Å². The molecule has 0 fully saturated rings. The minimum Gasteiger partial charge on any atom is -0.300 e. The summed E-state index contributed by atoms with van der Waals surface area (Å²) in [5, 5.41) is 17.2. The van der Waals surface area contributed by atoms with Gasteiger partial charge in [0.05, 0.1) is 11.4 Å². The van der Waals surface area contributed by atoms with Gasteiger partial charge in [-0.3, -0.25) is 10.8 Å². The molecule has 22 heavy (non-hydrogen) atoms. The van der Waals surface area contributed by atoms with Crippen LogP contribution in [0.3, 0.4) is 0 Å². The summed E-state index contributed by atoms with van der Waals surface area (Å²) in [6.07, 6.45) is 0. The van der Waals surface area contributed by atoms with Crippen molar-refractivity contribution in [3.8, 4) is 0 Å². The van der Waals surface area contributed by atoms with Crippen LogP contribution in [-0.4, -0.2) is 11.4 Å². The van der Waals surface area contributed by atoms with Gasteiger partial charge in [-0.1, -0.05) is 60.7 Å². The van der Waals surface area contributed by atoms with Crippen LogP contribution in [0.5, 0.6) is 0 Å². The highest BCUT2D eigenvalue weighted by atomic mass is 14.5. The van der Waals surface area contributed by atoms with E-state index in [9.17, 15) is 0 Å². The number of hydrogen-bond donors (Lipinski definition) is 2. The van der Waals surface area contributed by atoms with E-state index in [1.807, 2.05) is 74.5 Å². The monoisotopic (exact) mass is 286 g/mol. The van der Waals surface area contributed by atoms with E-state index in [0.29, 0.717) is 11.4 Å². The average molecular weight is 286 g/mol.